The molecular weight excluding hydrogens is 590 g/mol. The van der Waals surface area contributed by atoms with Crippen molar-refractivity contribution in [2.45, 2.75) is 44.8 Å². The number of Topliss-reactive ketones (excluding diaryl/α,β-unsaturated/α-hetero) is 1. The zero-order valence-electron chi connectivity index (χ0n) is 22.1. The summed E-state index contributed by atoms with van der Waals surface area (Å²) in [6, 6.07) is 13.0. The van der Waals surface area contributed by atoms with Gasteiger partial charge in [-0.3, -0.25) is 28.8 Å². The number of benzene rings is 1. The molecule has 11 nitrogen and oxygen atoms in total. The lowest BCUT2D eigenvalue weighted by Crippen LogP contribution is -2.52. The van der Waals surface area contributed by atoms with Gasteiger partial charge in [-0.05, 0) is 83.6 Å². The molecule has 1 aliphatic carbocycles. The molecule has 1 aliphatic heterocycles. The van der Waals surface area contributed by atoms with Gasteiger partial charge in [-0.15, -0.1) is 0 Å². The Morgan fingerprint density at radius 3 is 2.66 bits per heavy atom. The molecule has 0 spiro atoms. The van der Waals surface area contributed by atoms with Gasteiger partial charge in [0.1, 0.15) is 28.7 Å². The van der Waals surface area contributed by atoms with Gasteiger partial charge in [0, 0.05) is 36.4 Å². The van der Waals surface area contributed by atoms with Crippen molar-refractivity contribution in [2.75, 3.05) is 10.6 Å². The van der Waals surface area contributed by atoms with E-state index in [2.05, 4.69) is 41.6 Å². The number of amides is 3. The van der Waals surface area contributed by atoms with E-state index in [0.29, 0.717) is 32.6 Å². The number of fused-ring (bicyclic) bond motifs is 3. The van der Waals surface area contributed by atoms with Crippen molar-refractivity contribution in [1.82, 2.24) is 24.6 Å². The first-order valence-electron chi connectivity index (χ1n) is 13.3. The Hall–Kier alpha value is -4.45. The number of hydrogen-bond donors (Lipinski definition) is 2. The van der Waals surface area contributed by atoms with Crippen molar-refractivity contribution < 1.29 is 19.2 Å². The predicted molar refractivity (Wildman–Crippen MR) is 154 cm³/mol. The molecule has 4 aromatic rings. The number of nitrogens with one attached hydrogen (secondary N) is 2. The normalized spacial score (nSPS) is 19.4. The molecule has 2 N–H and O–H groups in total. The summed E-state index contributed by atoms with van der Waals surface area (Å²) in [5.41, 5.74) is 1.65. The molecule has 208 valence electrons. The maximum Gasteiger partial charge on any atom is 0.257 e. The molecule has 6 rings (SSSR count). The van der Waals surface area contributed by atoms with Gasteiger partial charge < -0.3 is 15.5 Å². The molecule has 1 saturated heterocycles. The fourth-order valence-corrected chi connectivity index (χ4v) is 6.25. The Bertz CT molecular complexity index is 1690. The van der Waals surface area contributed by atoms with Crippen LogP contribution in [0.15, 0.2) is 65.5 Å². The lowest BCUT2D eigenvalue weighted by atomic mass is 9.97. The van der Waals surface area contributed by atoms with Crippen molar-refractivity contribution in [3.63, 3.8) is 0 Å². The number of carbonyl (C=O) groups is 4. The highest BCUT2D eigenvalue weighted by atomic mass is 79.9. The Morgan fingerprint density at radius 2 is 1.90 bits per heavy atom. The Labute approximate surface area is 243 Å². The van der Waals surface area contributed by atoms with E-state index in [9.17, 15) is 19.2 Å². The summed E-state index contributed by atoms with van der Waals surface area (Å²) in [6.07, 6.45) is 5.54. The highest BCUT2D eigenvalue weighted by Crippen LogP contribution is 2.43. The van der Waals surface area contributed by atoms with Gasteiger partial charge in [-0.2, -0.15) is 5.10 Å². The van der Waals surface area contributed by atoms with Crippen LogP contribution in [0.25, 0.3) is 10.9 Å². The minimum Gasteiger partial charge on any atom is -0.326 e. The average molecular weight is 616 g/mol. The zero-order chi connectivity index (χ0) is 28.7. The van der Waals surface area contributed by atoms with E-state index in [0.717, 1.165) is 19.3 Å². The van der Waals surface area contributed by atoms with Crippen LogP contribution in [0.1, 0.15) is 47.0 Å². The van der Waals surface area contributed by atoms with Crippen LogP contribution in [0, 0.1) is 5.92 Å². The topological polar surface area (TPSA) is 139 Å². The predicted octanol–water partition coefficient (Wildman–Crippen LogP) is 4.06. The van der Waals surface area contributed by atoms with Gasteiger partial charge in [0.2, 0.25) is 11.8 Å². The maximum atomic E-state index is 13.7. The summed E-state index contributed by atoms with van der Waals surface area (Å²) in [4.78, 5) is 62.1. The van der Waals surface area contributed by atoms with Crippen molar-refractivity contribution in [2.24, 2.45) is 5.92 Å². The first kappa shape index (κ1) is 26.8. The third-order valence-electron chi connectivity index (χ3n) is 7.66. The summed E-state index contributed by atoms with van der Waals surface area (Å²) in [6.45, 7) is 1.28. The molecule has 0 radical (unpaired) electrons. The number of likely N-dealkylation sites (tertiary alicyclic amines) is 1. The Kier molecular flexibility index (Phi) is 7.08. The van der Waals surface area contributed by atoms with Crippen LogP contribution < -0.4 is 10.6 Å². The largest absolute Gasteiger partial charge is 0.326 e. The first-order chi connectivity index (χ1) is 19.8. The quantitative estimate of drug-likeness (QED) is 0.236. The molecule has 12 heteroatoms. The van der Waals surface area contributed by atoms with E-state index >= 15 is 0 Å². The van der Waals surface area contributed by atoms with Crippen LogP contribution in [-0.2, 0) is 16.1 Å². The first-order valence-corrected chi connectivity index (χ1v) is 14.1. The summed E-state index contributed by atoms with van der Waals surface area (Å²) in [5.74, 6) is -0.626. The second kappa shape index (κ2) is 10.8. The number of piperidine rings is 1. The fourth-order valence-electron chi connectivity index (χ4n) is 5.91. The lowest BCUT2D eigenvalue weighted by molar-refractivity contribution is -0.141. The SMILES string of the molecule is CC(=O)c1nn(CC(=O)N2[C@@H]3CC[C@@H](C3)[C@H]2C(=O)Nc2cccc(Br)n2)c2ccc(NC(=O)c3cccnc3)cc12. The molecular formula is C29H26BrN7O4. The summed E-state index contributed by atoms with van der Waals surface area (Å²) >= 11 is 3.32. The number of nitrogens with zero attached hydrogens (tertiary/aromatic N) is 5. The minimum absolute atomic E-state index is 0.0258. The molecule has 3 atom stereocenters. The fraction of sp³-hybridized carbons (Fsp3) is 0.276. The third-order valence-corrected chi connectivity index (χ3v) is 8.10. The van der Waals surface area contributed by atoms with Crippen molar-refractivity contribution in [1.29, 1.82) is 0 Å². The van der Waals surface area contributed by atoms with Gasteiger partial charge in [0.15, 0.2) is 5.78 Å². The number of halogens is 1. The van der Waals surface area contributed by atoms with Crippen LogP contribution in [-0.4, -0.2) is 60.2 Å². The molecule has 41 heavy (non-hydrogen) atoms. The average Bonchev–Trinajstić information content (AvgIpc) is 3.67. The number of rotatable bonds is 7. The number of pyridine rings is 2. The van der Waals surface area contributed by atoms with Gasteiger partial charge in [0.25, 0.3) is 5.91 Å². The van der Waals surface area contributed by atoms with Gasteiger partial charge >= 0.3 is 0 Å². The van der Waals surface area contributed by atoms with Gasteiger partial charge in [-0.1, -0.05) is 6.07 Å². The zero-order valence-corrected chi connectivity index (χ0v) is 23.7. The molecule has 0 unspecified atom stereocenters. The molecule has 3 aromatic heterocycles. The van der Waals surface area contributed by atoms with E-state index in [1.165, 1.54) is 17.8 Å². The molecule has 1 saturated carbocycles. The van der Waals surface area contributed by atoms with Crippen LogP contribution >= 0.6 is 15.9 Å². The highest BCUT2D eigenvalue weighted by molar-refractivity contribution is 9.10. The van der Waals surface area contributed by atoms with E-state index < -0.39 is 6.04 Å². The van der Waals surface area contributed by atoms with Crippen LogP contribution in [0.4, 0.5) is 11.5 Å². The standard InChI is InChI=1S/C29H26BrN7O4/c1-16(38)26-21-13-19(32-28(40)18-4-3-11-31-14-18)8-10-22(21)36(35-26)15-25(39)37-20-9-7-17(12-20)27(37)29(41)34-24-6-2-5-23(30)33-24/h2-6,8,10-11,13-14,17,20,27H,7,9,12,15H2,1H3,(H,32,40)(H,33,34,41)/t17-,20+,27-/m0/s1. The van der Waals surface area contributed by atoms with Crippen LogP contribution in [0.5, 0.6) is 0 Å². The van der Waals surface area contributed by atoms with E-state index in [-0.39, 0.29) is 47.7 Å². The van der Waals surface area contributed by atoms with Gasteiger partial charge in [-0.25, -0.2) is 4.98 Å². The number of hydrogen-bond acceptors (Lipinski definition) is 7. The summed E-state index contributed by atoms with van der Waals surface area (Å²) in [5, 5.41) is 10.7. The number of ketones is 1. The minimum atomic E-state index is -0.606. The lowest BCUT2D eigenvalue weighted by Gasteiger charge is -2.34. The molecule has 2 fully saturated rings. The second-order valence-electron chi connectivity index (χ2n) is 10.3. The second-order valence-corrected chi connectivity index (χ2v) is 11.1. The highest BCUT2D eigenvalue weighted by Gasteiger charge is 2.51. The Morgan fingerprint density at radius 1 is 1.05 bits per heavy atom. The smallest absolute Gasteiger partial charge is 0.257 e. The van der Waals surface area contributed by atoms with E-state index in [4.69, 9.17) is 0 Å². The molecule has 1 aromatic carbocycles. The number of carbonyl (C=O) groups excluding carboxylic acids is 4. The molecule has 2 aliphatic rings. The van der Waals surface area contributed by atoms with E-state index in [1.54, 1.807) is 59.6 Å². The van der Waals surface area contributed by atoms with Crippen molar-refractivity contribution in [3.8, 4) is 0 Å². The molecule has 2 bridgehead atoms. The molecule has 4 heterocycles. The third kappa shape index (κ3) is 5.22. The summed E-state index contributed by atoms with van der Waals surface area (Å²) < 4.78 is 2.10. The monoisotopic (exact) mass is 615 g/mol. The summed E-state index contributed by atoms with van der Waals surface area (Å²) in [7, 11) is 0. The number of anilines is 2. The molecule has 3 amide bonds. The van der Waals surface area contributed by atoms with Crippen molar-refractivity contribution >= 4 is 61.8 Å². The number of aromatic nitrogens is 4. The Balaban J connectivity index is 1.25. The van der Waals surface area contributed by atoms with Crippen molar-refractivity contribution in [3.05, 3.63) is 76.8 Å². The van der Waals surface area contributed by atoms with E-state index in [1.807, 2.05) is 0 Å². The van der Waals surface area contributed by atoms with Crippen LogP contribution in [0.3, 0.4) is 0 Å². The maximum absolute atomic E-state index is 13.7. The van der Waals surface area contributed by atoms with Gasteiger partial charge in [0.05, 0.1) is 11.1 Å². The van der Waals surface area contributed by atoms with Crippen LogP contribution in [0.2, 0.25) is 0 Å².